The van der Waals surface area contributed by atoms with Crippen molar-refractivity contribution in [3.05, 3.63) is 44.3 Å². The molecule has 1 atom stereocenters. The van der Waals surface area contributed by atoms with Crippen LogP contribution in [0.2, 0.25) is 10.0 Å². The van der Waals surface area contributed by atoms with Crippen molar-refractivity contribution in [1.82, 2.24) is 4.98 Å². The average molecular weight is 287 g/mol. The summed E-state index contributed by atoms with van der Waals surface area (Å²) in [6, 6.07) is 5.61. The molecular formula is C12H12Cl2N2S. The van der Waals surface area contributed by atoms with E-state index >= 15 is 0 Å². The van der Waals surface area contributed by atoms with Crippen molar-refractivity contribution in [2.75, 3.05) is 5.32 Å². The molecule has 0 radical (unpaired) electrons. The van der Waals surface area contributed by atoms with Crippen LogP contribution in [0.25, 0.3) is 0 Å². The summed E-state index contributed by atoms with van der Waals surface area (Å²) in [6.07, 6.45) is 0. The van der Waals surface area contributed by atoms with Gasteiger partial charge in [-0.25, -0.2) is 4.98 Å². The van der Waals surface area contributed by atoms with Gasteiger partial charge in [0.1, 0.15) is 0 Å². The van der Waals surface area contributed by atoms with Gasteiger partial charge in [-0.2, -0.15) is 0 Å². The highest BCUT2D eigenvalue weighted by molar-refractivity contribution is 7.09. The Kier molecular flexibility index (Phi) is 3.92. The quantitative estimate of drug-likeness (QED) is 0.865. The smallest absolute Gasteiger partial charge is 0.0798 e. The Bertz CT molecular complexity index is 505. The van der Waals surface area contributed by atoms with Gasteiger partial charge in [-0.1, -0.05) is 29.3 Å². The minimum Gasteiger partial charge on any atom is -0.375 e. The first-order valence-corrected chi connectivity index (χ1v) is 6.83. The van der Waals surface area contributed by atoms with Crippen LogP contribution in [0, 0.1) is 6.92 Å². The van der Waals surface area contributed by atoms with Crippen LogP contribution in [0.4, 0.5) is 5.69 Å². The second-order valence-corrected chi connectivity index (χ2v) is 5.47. The summed E-state index contributed by atoms with van der Waals surface area (Å²) in [7, 11) is 0. The summed E-state index contributed by atoms with van der Waals surface area (Å²) in [5, 5.41) is 4.59. The van der Waals surface area contributed by atoms with E-state index in [0.717, 1.165) is 11.4 Å². The minimum absolute atomic E-state index is 0.139. The second-order valence-electron chi connectivity index (χ2n) is 3.76. The summed E-state index contributed by atoms with van der Waals surface area (Å²) in [4.78, 5) is 5.43. The molecule has 0 saturated carbocycles. The second kappa shape index (κ2) is 5.25. The molecular weight excluding hydrogens is 275 g/mol. The molecule has 2 rings (SSSR count). The number of hydrogen-bond donors (Lipinski definition) is 1. The van der Waals surface area contributed by atoms with E-state index in [0.29, 0.717) is 10.0 Å². The van der Waals surface area contributed by atoms with Crippen LogP contribution in [0.1, 0.15) is 23.5 Å². The summed E-state index contributed by atoms with van der Waals surface area (Å²) in [5.41, 5.74) is 3.66. The van der Waals surface area contributed by atoms with E-state index in [1.165, 1.54) is 4.88 Å². The number of nitrogens with one attached hydrogen (secondary N) is 1. The molecule has 5 heteroatoms. The number of benzene rings is 1. The number of aromatic nitrogens is 1. The molecule has 1 heterocycles. The van der Waals surface area contributed by atoms with Crippen molar-refractivity contribution in [1.29, 1.82) is 0 Å². The Morgan fingerprint density at radius 1 is 1.29 bits per heavy atom. The van der Waals surface area contributed by atoms with E-state index < -0.39 is 0 Å². The van der Waals surface area contributed by atoms with E-state index in [1.54, 1.807) is 11.3 Å². The van der Waals surface area contributed by atoms with E-state index in [1.807, 2.05) is 30.6 Å². The normalized spacial score (nSPS) is 12.5. The molecule has 2 nitrogen and oxygen atoms in total. The van der Waals surface area contributed by atoms with Gasteiger partial charge >= 0.3 is 0 Å². The lowest BCUT2D eigenvalue weighted by Gasteiger charge is -2.16. The van der Waals surface area contributed by atoms with Crippen LogP contribution in [0.15, 0.2) is 23.7 Å². The third-order valence-corrected chi connectivity index (χ3v) is 4.24. The van der Waals surface area contributed by atoms with E-state index in [4.69, 9.17) is 23.2 Å². The Balaban J connectivity index is 2.25. The molecule has 2 aromatic rings. The van der Waals surface area contributed by atoms with Gasteiger partial charge in [0.05, 0.1) is 33.0 Å². The highest BCUT2D eigenvalue weighted by Gasteiger charge is 2.13. The standard InChI is InChI=1S/C12H12Cl2N2S/c1-7-12(17-6-15-7)8(2)16-11-9(13)4-3-5-10(11)14/h3-6,8,16H,1-2H3. The van der Waals surface area contributed by atoms with Crippen molar-refractivity contribution in [2.45, 2.75) is 19.9 Å². The SMILES string of the molecule is Cc1ncsc1C(C)Nc1c(Cl)cccc1Cl. The maximum Gasteiger partial charge on any atom is 0.0798 e. The van der Waals surface area contributed by atoms with Gasteiger partial charge in [0.2, 0.25) is 0 Å². The van der Waals surface area contributed by atoms with Crippen molar-refractivity contribution >= 4 is 40.2 Å². The molecule has 0 amide bonds. The Morgan fingerprint density at radius 2 is 1.94 bits per heavy atom. The zero-order chi connectivity index (χ0) is 12.4. The first kappa shape index (κ1) is 12.7. The predicted molar refractivity (Wildman–Crippen MR) is 75.4 cm³/mol. The monoisotopic (exact) mass is 286 g/mol. The van der Waals surface area contributed by atoms with Gasteiger partial charge in [-0.3, -0.25) is 0 Å². The molecule has 90 valence electrons. The van der Waals surface area contributed by atoms with Gasteiger partial charge in [0, 0.05) is 4.88 Å². The van der Waals surface area contributed by atoms with Crippen molar-refractivity contribution in [3.63, 3.8) is 0 Å². The maximum atomic E-state index is 6.12. The van der Waals surface area contributed by atoms with Crippen LogP contribution in [0.5, 0.6) is 0 Å². The summed E-state index contributed by atoms with van der Waals surface area (Å²) in [5.74, 6) is 0. The highest BCUT2D eigenvalue weighted by atomic mass is 35.5. The molecule has 0 saturated heterocycles. The molecule has 17 heavy (non-hydrogen) atoms. The van der Waals surface area contributed by atoms with Gasteiger partial charge in [-0.15, -0.1) is 11.3 Å². The Labute approximate surface area is 115 Å². The fourth-order valence-electron chi connectivity index (χ4n) is 1.64. The minimum atomic E-state index is 0.139. The fourth-order valence-corrected chi connectivity index (χ4v) is 2.96. The van der Waals surface area contributed by atoms with Crippen LogP contribution in [-0.4, -0.2) is 4.98 Å². The third-order valence-electron chi connectivity index (χ3n) is 2.50. The van der Waals surface area contributed by atoms with Gasteiger partial charge < -0.3 is 5.32 Å². The average Bonchev–Trinajstić information content (AvgIpc) is 2.70. The topological polar surface area (TPSA) is 24.9 Å². The van der Waals surface area contributed by atoms with Crippen LogP contribution < -0.4 is 5.32 Å². The summed E-state index contributed by atoms with van der Waals surface area (Å²) < 4.78 is 0. The van der Waals surface area contributed by atoms with E-state index in [9.17, 15) is 0 Å². The van der Waals surface area contributed by atoms with E-state index in [2.05, 4.69) is 17.2 Å². The lowest BCUT2D eigenvalue weighted by atomic mass is 10.2. The number of thiazole rings is 1. The third kappa shape index (κ3) is 2.73. The summed E-state index contributed by atoms with van der Waals surface area (Å²) >= 11 is 13.9. The largest absolute Gasteiger partial charge is 0.375 e. The van der Waals surface area contributed by atoms with Crippen molar-refractivity contribution < 1.29 is 0 Å². The van der Waals surface area contributed by atoms with Gasteiger partial charge in [0.25, 0.3) is 0 Å². The van der Waals surface area contributed by atoms with Crippen LogP contribution >= 0.6 is 34.5 Å². The molecule has 0 aliphatic rings. The van der Waals surface area contributed by atoms with E-state index in [-0.39, 0.29) is 6.04 Å². The zero-order valence-electron chi connectivity index (χ0n) is 9.50. The number of anilines is 1. The number of hydrogen-bond acceptors (Lipinski definition) is 3. The fraction of sp³-hybridized carbons (Fsp3) is 0.250. The predicted octanol–water partition coefficient (Wildman–Crippen LogP) is 4.93. The van der Waals surface area contributed by atoms with Gasteiger partial charge in [0.15, 0.2) is 0 Å². The first-order chi connectivity index (χ1) is 8.09. The molecule has 0 bridgehead atoms. The first-order valence-electron chi connectivity index (χ1n) is 5.20. The molecule has 1 aromatic carbocycles. The zero-order valence-corrected chi connectivity index (χ0v) is 11.8. The van der Waals surface area contributed by atoms with Crippen molar-refractivity contribution in [3.8, 4) is 0 Å². The Morgan fingerprint density at radius 3 is 2.47 bits per heavy atom. The number of rotatable bonds is 3. The molecule has 1 N–H and O–H groups in total. The van der Waals surface area contributed by atoms with Crippen molar-refractivity contribution in [2.24, 2.45) is 0 Å². The molecule has 0 aliphatic carbocycles. The summed E-state index contributed by atoms with van der Waals surface area (Å²) in [6.45, 7) is 4.07. The molecule has 1 unspecified atom stereocenters. The molecule has 0 aliphatic heterocycles. The Hall–Kier alpha value is -0.770. The van der Waals surface area contributed by atoms with Gasteiger partial charge in [-0.05, 0) is 26.0 Å². The number of halogens is 2. The molecule has 0 fully saturated rings. The highest BCUT2D eigenvalue weighted by Crippen LogP contribution is 2.34. The number of nitrogens with zero attached hydrogens (tertiary/aromatic N) is 1. The maximum absolute atomic E-state index is 6.12. The number of para-hydroxylation sites is 1. The molecule has 1 aromatic heterocycles. The lowest BCUT2D eigenvalue weighted by molar-refractivity contribution is 0.890. The van der Waals surface area contributed by atoms with Crippen LogP contribution in [-0.2, 0) is 0 Å². The molecule has 0 spiro atoms. The number of aryl methyl sites for hydroxylation is 1. The van der Waals surface area contributed by atoms with Crippen LogP contribution in [0.3, 0.4) is 0 Å². The lowest BCUT2D eigenvalue weighted by Crippen LogP contribution is -2.07.